The predicted molar refractivity (Wildman–Crippen MR) is 282 cm³/mol. The van der Waals surface area contributed by atoms with Crippen LogP contribution in [0.25, 0.3) is 16.3 Å². The average Bonchev–Trinajstić information content (AvgIpc) is 3.57. The average molecular weight is 857 g/mol. The van der Waals surface area contributed by atoms with Crippen LogP contribution in [0.4, 0.5) is 22.7 Å². The molecule has 0 aromatic heterocycles. The van der Waals surface area contributed by atoms with E-state index in [2.05, 4.69) is 200 Å². The van der Waals surface area contributed by atoms with Crippen LogP contribution in [0.3, 0.4) is 0 Å². The molecule has 0 saturated heterocycles. The van der Waals surface area contributed by atoms with Gasteiger partial charge in [0.05, 0.1) is 6.04 Å². The highest BCUT2D eigenvalue weighted by atomic mass is 15.2. The predicted octanol–water partition coefficient (Wildman–Crippen LogP) is 17.1. The molecule has 5 aromatic rings. The zero-order chi connectivity index (χ0) is 45.6. The molecule has 2 nitrogen and oxygen atoms in total. The third-order valence-electron chi connectivity index (χ3n) is 15.7. The highest BCUT2D eigenvalue weighted by Gasteiger charge is 2.42. The van der Waals surface area contributed by atoms with Crippen molar-refractivity contribution in [3.8, 4) is 0 Å². The molecule has 2 atom stereocenters. The number of hydrogen-bond donors (Lipinski definition) is 0. The molecule has 0 N–H and O–H groups in total. The first kappa shape index (κ1) is 44.6. The first-order chi connectivity index (χ1) is 31.6. The summed E-state index contributed by atoms with van der Waals surface area (Å²) in [5, 5.41) is 2.73. The summed E-state index contributed by atoms with van der Waals surface area (Å²) in [5.74, 6) is 0.322. The van der Waals surface area contributed by atoms with Crippen molar-refractivity contribution in [3.05, 3.63) is 194 Å². The van der Waals surface area contributed by atoms with Crippen LogP contribution in [-0.4, -0.2) is 6.04 Å². The van der Waals surface area contributed by atoms with Crippen LogP contribution in [0.2, 0.25) is 0 Å². The third kappa shape index (κ3) is 7.79. The molecule has 4 aliphatic carbocycles. The van der Waals surface area contributed by atoms with Crippen molar-refractivity contribution < 1.29 is 0 Å². The quantitative estimate of drug-likeness (QED) is 0.110. The summed E-state index contributed by atoms with van der Waals surface area (Å²) in [6, 6.07) is 33.8. The Labute approximate surface area is 391 Å². The van der Waals surface area contributed by atoms with Gasteiger partial charge in [0.15, 0.2) is 0 Å². The van der Waals surface area contributed by atoms with Crippen molar-refractivity contribution in [3.63, 3.8) is 0 Å². The van der Waals surface area contributed by atoms with Crippen LogP contribution in [0, 0.1) is 5.92 Å². The van der Waals surface area contributed by atoms with Crippen LogP contribution in [0.5, 0.6) is 0 Å². The molecule has 0 radical (unpaired) electrons. The van der Waals surface area contributed by atoms with Gasteiger partial charge in [-0.2, -0.15) is 0 Å². The summed E-state index contributed by atoms with van der Waals surface area (Å²) < 4.78 is 0. The van der Waals surface area contributed by atoms with Gasteiger partial charge in [0.2, 0.25) is 0 Å². The SMILES string of the molecule is CCC1=C(CC)CC(N(c2ccc(CC)c(CC)c2)c2cc3c(c4ccccc24)C2=C(C=C4C=C(N(c5ccc(CC)c(CC)c5)c5ccc(CC)c(CC)c5)C=CC4C2)C3(C)C)C=C1. The Morgan fingerprint density at radius 3 is 1.68 bits per heavy atom. The first-order valence-electron chi connectivity index (χ1n) is 25.4. The Kier molecular flexibility index (Phi) is 12.6. The minimum atomic E-state index is -0.174. The third-order valence-corrected chi connectivity index (χ3v) is 15.7. The van der Waals surface area contributed by atoms with Gasteiger partial charge in [-0.15, -0.1) is 0 Å². The van der Waals surface area contributed by atoms with Gasteiger partial charge >= 0.3 is 0 Å². The number of allylic oxidation sites excluding steroid dienone is 9. The van der Waals surface area contributed by atoms with E-state index in [1.54, 1.807) is 5.57 Å². The zero-order valence-electron chi connectivity index (χ0n) is 41.2. The lowest BCUT2D eigenvalue weighted by molar-refractivity contribution is 0.643. The lowest BCUT2D eigenvalue weighted by Crippen LogP contribution is -2.32. The van der Waals surface area contributed by atoms with Gasteiger partial charge in [-0.3, -0.25) is 0 Å². The molecule has 0 saturated carbocycles. The van der Waals surface area contributed by atoms with Gasteiger partial charge in [-0.05, 0) is 191 Å². The van der Waals surface area contributed by atoms with Gasteiger partial charge in [0, 0.05) is 45.2 Å². The molecule has 65 heavy (non-hydrogen) atoms. The summed E-state index contributed by atoms with van der Waals surface area (Å²) in [4.78, 5) is 5.24. The lowest BCUT2D eigenvalue weighted by atomic mass is 9.75. The van der Waals surface area contributed by atoms with E-state index in [4.69, 9.17) is 0 Å². The standard InChI is InChI=1S/C63H72N2/c1-11-41-23-28-51(33-45(41)15-5)64(52-29-24-42(12-2)46(16-6)34-52)53-32-27-49-38-58-59(39-50(49)37-53)63(9,10)60-40-61(56-21-19-20-22-57(56)62(58)60)65(54-30-25-43(13-3)47(17-7)35-54)55-31-26-44(14-4)48(18-8)36-55/h19-35,37,39-40,49,55H,11-18,36,38H2,1-10H3. The van der Waals surface area contributed by atoms with Crippen molar-refractivity contribution in [2.75, 3.05) is 9.80 Å². The maximum atomic E-state index is 2.71. The Hall–Kier alpha value is -5.60. The van der Waals surface area contributed by atoms with Gasteiger partial charge in [-0.25, -0.2) is 0 Å². The maximum Gasteiger partial charge on any atom is 0.0562 e. The summed E-state index contributed by atoms with van der Waals surface area (Å²) in [6.07, 6.45) is 25.5. The molecule has 2 unspecified atom stereocenters. The van der Waals surface area contributed by atoms with E-state index >= 15 is 0 Å². The van der Waals surface area contributed by atoms with Crippen molar-refractivity contribution in [2.45, 2.75) is 145 Å². The number of hydrogen-bond acceptors (Lipinski definition) is 2. The van der Waals surface area contributed by atoms with E-state index in [1.165, 1.54) is 106 Å². The van der Waals surface area contributed by atoms with Gasteiger partial charge in [0.25, 0.3) is 0 Å². The molecular weight excluding hydrogens is 785 g/mol. The van der Waals surface area contributed by atoms with Crippen molar-refractivity contribution in [1.82, 2.24) is 0 Å². The summed E-state index contributed by atoms with van der Waals surface area (Å²) in [6.45, 7) is 23.4. The van der Waals surface area contributed by atoms with Gasteiger partial charge in [0.1, 0.15) is 0 Å². The second-order valence-corrected chi connectivity index (χ2v) is 19.4. The Balaban J connectivity index is 1.18. The topological polar surface area (TPSA) is 6.48 Å². The molecule has 0 spiro atoms. The van der Waals surface area contributed by atoms with Crippen molar-refractivity contribution >= 4 is 39.1 Å². The number of rotatable bonds is 14. The van der Waals surface area contributed by atoms with E-state index in [0.29, 0.717) is 5.92 Å². The monoisotopic (exact) mass is 857 g/mol. The first-order valence-corrected chi connectivity index (χ1v) is 25.4. The molecule has 0 heterocycles. The molecule has 334 valence electrons. The number of nitrogens with zero attached hydrogens (tertiary/aromatic N) is 2. The van der Waals surface area contributed by atoms with Crippen LogP contribution in [-0.2, 0) is 43.9 Å². The maximum absolute atomic E-state index is 2.71. The second kappa shape index (κ2) is 18.4. The number of benzene rings is 5. The minimum absolute atomic E-state index is 0.174. The number of fused-ring (bicyclic) bond motifs is 5. The number of anilines is 4. The fraction of sp³-hybridized carbons (Fsp3) is 0.365. The van der Waals surface area contributed by atoms with Crippen molar-refractivity contribution in [2.24, 2.45) is 5.92 Å². The highest BCUT2D eigenvalue weighted by molar-refractivity contribution is 6.07. The highest BCUT2D eigenvalue weighted by Crippen LogP contribution is 2.57. The van der Waals surface area contributed by atoms with E-state index in [1.807, 2.05) is 0 Å². The van der Waals surface area contributed by atoms with Crippen molar-refractivity contribution in [1.29, 1.82) is 0 Å². The number of aryl methyl sites for hydroxylation is 6. The van der Waals surface area contributed by atoms with E-state index in [-0.39, 0.29) is 11.5 Å². The van der Waals surface area contributed by atoms with Crippen LogP contribution >= 0.6 is 0 Å². The molecule has 5 aromatic carbocycles. The van der Waals surface area contributed by atoms with Crippen LogP contribution in [0.1, 0.15) is 139 Å². The summed E-state index contributed by atoms with van der Waals surface area (Å²) in [7, 11) is 0. The molecule has 0 bridgehead atoms. The smallest absolute Gasteiger partial charge is 0.0562 e. The molecule has 0 aliphatic heterocycles. The Morgan fingerprint density at radius 2 is 1.11 bits per heavy atom. The molecule has 4 aliphatic rings. The van der Waals surface area contributed by atoms with Gasteiger partial charge < -0.3 is 9.80 Å². The summed E-state index contributed by atoms with van der Waals surface area (Å²) >= 11 is 0. The van der Waals surface area contributed by atoms with E-state index < -0.39 is 0 Å². The summed E-state index contributed by atoms with van der Waals surface area (Å²) in [5.41, 5.74) is 25.3. The second-order valence-electron chi connectivity index (χ2n) is 19.4. The van der Waals surface area contributed by atoms with E-state index in [9.17, 15) is 0 Å². The molecular formula is C63H72N2. The Morgan fingerprint density at radius 1 is 0.538 bits per heavy atom. The lowest BCUT2D eigenvalue weighted by Gasteiger charge is -2.37. The zero-order valence-corrected chi connectivity index (χ0v) is 41.2. The van der Waals surface area contributed by atoms with Gasteiger partial charge in [-0.1, -0.05) is 142 Å². The normalized spacial score (nSPS) is 18.4. The fourth-order valence-corrected chi connectivity index (χ4v) is 12.0. The molecule has 0 fully saturated rings. The molecule has 9 rings (SSSR count). The molecule has 0 amide bonds. The Bertz CT molecular complexity index is 2790. The largest absolute Gasteiger partial charge is 0.334 e. The minimum Gasteiger partial charge on any atom is -0.334 e. The van der Waals surface area contributed by atoms with Crippen LogP contribution < -0.4 is 9.80 Å². The van der Waals surface area contributed by atoms with Crippen LogP contribution in [0.15, 0.2) is 149 Å². The molecule has 2 heteroatoms. The fourth-order valence-electron chi connectivity index (χ4n) is 12.0. The van der Waals surface area contributed by atoms with E-state index in [0.717, 1.165) is 64.2 Å².